The van der Waals surface area contributed by atoms with Gasteiger partial charge in [0.1, 0.15) is 0 Å². The standard InChI is InChI=1S/C8H10N2S.BrH/c9-8(11)10-6-7-4-2-1-3-5-7;/h1-5H,6H2,(H3,9,10,11);1H. The van der Waals surface area contributed by atoms with Gasteiger partial charge in [0.25, 0.3) is 0 Å². The summed E-state index contributed by atoms with van der Waals surface area (Å²) in [6.45, 7) is 0.705. The normalized spacial score (nSPS) is 8.33. The van der Waals surface area contributed by atoms with Crippen LogP contribution in [0.25, 0.3) is 0 Å². The van der Waals surface area contributed by atoms with Crippen LogP contribution in [0.5, 0.6) is 0 Å². The second-order valence-corrected chi connectivity index (χ2v) is 2.64. The lowest BCUT2D eigenvalue weighted by Gasteiger charge is -2.02. The molecule has 0 amide bonds. The van der Waals surface area contributed by atoms with Crippen molar-refractivity contribution in [1.82, 2.24) is 5.32 Å². The van der Waals surface area contributed by atoms with Crippen molar-refractivity contribution in [3.8, 4) is 0 Å². The largest absolute Gasteiger partial charge is 0.376 e. The molecule has 0 atom stereocenters. The van der Waals surface area contributed by atoms with Crippen LogP contribution in [0.2, 0.25) is 0 Å². The number of nitrogens with one attached hydrogen (secondary N) is 1. The third-order valence-corrected chi connectivity index (χ3v) is 1.45. The van der Waals surface area contributed by atoms with Crippen LogP contribution in [0, 0.1) is 0 Å². The van der Waals surface area contributed by atoms with Crippen molar-refractivity contribution >= 4 is 34.3 Å². The quantitative estimate of drug-likeness (QED) is 0.779. The van der Waals surface area contributed by atoms with Gasteiger partial charge in [-0.3, -0.25) is 0 Å². The van der Waals surface area contributed by atoms with E-state index >= 15 is 0 Å². The summed E-state index contributed by atoms with van der Waals surface area (Å²) in [5, 5.41) is 3.21. The molecule has 0 spiro atoms. The lowest BCUT2D eigenvalue weighted by Crippen LogP contribution is -2.28. The maximum absolute atomic E-state index is 5.26. The first-order valence-corrected chi connectivity index (χ1v) is 3.77. The van der Waals surface area contributed by atoms with E-state index in [-0.39, 0.29) is 17.0 Å². The molecule has 0 aliphatic rings. The summed E-state index contributed by atoms with van der Waals surface area (Å²) in [5.41, 5.74) is 6.44. The van der Waals surface area contributed by atoms with Gasteiger partial charge in [-0.1, -0.05) is 30.3 Å². The van der Waals surface area contributed by atoms with Crippen molar-refractivity contribution in [3.05, 3.63) is 35.9 Å². The predicted molar refractivity (Wildman–Crippen MR) is 60.4 cm³/mol. The smallest absolute Gasteiger partial charge is 0.163 e. The van der Waals surface area contributed by atoms with Gasteiger partial charge in [-0.25, -0.2) is 0 Å². The Kier molecular flexibility index (Phi) is 5.66. The van der Waals surface area contributed by atoms with Crippen molar-refractivity contribution in [3.63, 3.8) is 0 Å². The maximum Gasteiger partial charge on any atom is 0.163 e. The third-order valence-electron chi connectivity index (χ3n) is 1.31. The number of hydrogen-bond donors (Lipinski definition) is 2. The summed E-state index contributed by atoms with van der Waals surface area (Å²) in [6, 6.07) is 9.98. The van der Waals surface area contributed by atoms with E-state index in [1.54, 1.807) is 0 Å². The number of benzene rings is 1. The highest BCUT2D eigenvalue weighted by molar-refractivity contribution is 8.93. The molecule has 0 heterocycles. The summed E-state index contributed by atoms with van der Waals surface area (Å²) < 4.78 is 0. The van der Waals surface area contributed by atoms with Crippen molar-refractivity contribution < 1.29 is 0 Å². The molecule has 1 aromatic carbocycles. The molecule has 0 saturated heterocycles. The highest BCUT2D eigenvalue weighted by Crippen LogP contribution is 1.96. The third kappa shape index (κ3) is 4.31. The van der Waals surface area contributed by atoms with Crippen LogP contribution in [0.1, 0.15) is 5.56 Å². The Morgan fingerprint density at radius 3 is 2.42 bits per heavy atom. The first-order valence-electron chi connectivity index (χ1n) is 3.36. The summed E-state index contributed by atoms with van der Waals surface area (Å²) in [7, 11) is 0. The number of hydrogen-bond acceptors (Lipinski definition) is 1. The Morgan fingerprint density at radius 2 is 1.92 bits per heavy atom. The van der Waals surface area contributed by atoms with E-state index in [1.165, 1.54) is 5.56 Å². The summed E-state index contributed by atoms with van der Waals surface area (Å²) in [4.78, 5) is 0. The number of rotatable bonds is 2. The molecule has 66 valence electrons. The molecular formula is C8H11BrN2S. The van der Waals surface area contributed by atoms with Crippen LogP contribution in [0.15, 0.2) is 30.3 Å². The molecule has 0 aliphatic carbocycles. The van der Waals surface area contributed by atoms with Gasteiger partial charge in [-0.2, -0.15) is 0 Å². The van der Waals surface area contributed by atoms with Crippen LogP contribution in [0.4, 0.5) is 0 Å². The van der Waals surface area contributed by atoms with Gasteiger partial charge >= 0.3 is 0 Å². The van der Waals surface area contributed by atoms with Gasteiger partial charge in [0.15, 0.2) is 5.11 Å². The average Bonchev–Trinajstić information content (AvgIpc) is 2.03. The van der Waals surface area contributed by atoms with Gasteiger partial charge in [-0.05, 0) is 17.8 Å². The SMILES string of the molecule is Br.NC(=S)NCc1ccccc1. The monoisotopic (exact) mass is 246 g/mol. The zero-order valence-electron chi connectivity index (χ0n) is 6.49. The van der Waals surface area contributed by atoms with Crippen LogP contribution in [0.3, 0.4) is 0 Å². The Balaban J connectivity index is 0.00000121. The van der Waals surface area contributed by atoms with E-state index in [1.807, 2.05) is 30.3 Å². The van der Waals surface area contributed by atoms with Crippen LogP contribution < -0.4 is 11.1 Å². The average molecular weight is 247 g/mol. The van der Waals surface area contributed by atoms with E-state index in [4.69, 9.17) is 5.73 Å². The van der Waals surface area contributed by atoms with Gasteiger partial charge < -0.3 is 11.1 Å². The number of nitrogens with two attached hydrogens (primary N) is 1. The molecule has 0 aliphatic heterocycles. The minimum absolute atomic E-state index is 0. The highest BCUT2D eigenvalue weighted by atomic mass is 79.9. The van der Waals surface area contributed by atoms with E-state index in [0.29, 0.717) is 11.7 Å². The molecule has 2 nitrogen and oxygen atoms in total. The lowest BCUT2D eigenvalue weighted by atomic mass is 10.2. The molecule has 0 saturated carbocycles. The van der Waals surface area contributed by atoms with Gasteiger partial charge in [0, 0.05) is 6.54 Å². The summed E-state index contributed by atoms with van der Waals surface area (Å²) in [6.07, 6.45) is 0. The minimum atomic E-state index is 0. The van der Waals surface area contributed by atoms with Crippen LogP contribution >= 0.6 is 29.2 Å². The van der Waals surface area contributed by atoms with Crippen LogP contribution in [-0.4, -0.2) is 5.11 Å². The van der Waals surface area contributed by atoms with Crippen molar-refractivity contribution in [1.29, 1.82) is 0 Å². The molecule has 3 N–H and O–H groups in total. The summed E-state index contributed by atoms with van der Waals surface area (Å²) in [5.74, 6) is 0. The van der Waals surface area contributed by atoms with Gasteiger partial charge in [0.05, 0.1) is 0 Å². The molecular weight excluding hydrogens is 236 g/mol. The van der Waals surface area contributed by atoms with Crippen molar-refractivity contribution in [2.24, 2.45) is 5.73 Å². The fraction of sp³-hybridized carbons (Fsp3) is 0.125. The fourth-order valence-electron chi connectivity index (χ4n) is 0.785. The first-order chi connectivity index (χ1) is 5.29. The van der Waals surface area contributed by atoms with Crippen molar-refractivity contribution in [2.45, 2.75) is 6.54 Å². The first kappa shape index (κ1) is 11.4. The topological polar surface area (TPSA) is 38.0 Å². The number of halogens is 1. The van der Waals surface area contributed by atoms with Crippen molar-refractivity contribution in [2.75, 3.05) is 0 Å². The number of thiocarbonyl (C=S) groups is 1. The van der Waals surface area contributed by atoms with Crippen LogP contribution in [-0.2, 0) is 6.54 Å². The Morgan fingerprint density at radius 1 is 1.33 bits per heavy atom. The zero-order valence-corrected chi connectivity index (χ0v) is 9.02. The van der Waals surface area contributed by atoms with E-state index in [2.05, 4.69) is 17.5 Å². The molecule has 12 heavy (non-hydrogen) atoms. The molecule has 0 unspecified atom stereocenters. The maximum atomic E-state index is 5.26. The zero-order chi connectivity index (χ0) is 8.10. The predicted octanol–water partition coefficient (Wildman–Crippen LogP) is 1.60. The summed E-state index contributed by atoms with van der Waals surface area (Å²) >= 11 is 4.66. The Bertz CT molecular complexity index is 238. The van der Waals surface area contributed by atoms with Gasteiger partial charge in [0.2, 0.25) is 0 Å². The Hall–Kier alpha value is -0.610. The minimum Gasteiger partial charge on any atom is -0.376 e. The fourth-order valence-corrected chi connectivity index (χ4v) is 0.857. The van der Waals surface area contributed by atoms with E-state index < -0.39 is 0 Å². The molecule has 1 rings (SSSR count). The van der Waals surface area contributed by atoms with Gasteiger partial charge in [-0.15, -0.1) is 17.0 Å². The molecule has 4 heteroatoms. The highest BCUT2D eigenvalue weighted by Gasteiger charge is 1.89. The molecule has 1 aromatic rings. The molecule has 0 bridgehead atoms. The molecule has 0 radical (unpaired) electrons. The Labute approximate surface area is 87.9 Å². The van der Waals surface area contributed by atoms with E-state index in [0.717, 1.165) is 0 Å². The second kappa shape index (κ2) is 5.97. The molecule has 0 fully saturated rings. The molecule has 0 aromatic heterocycles. The lowest BCUT2D eigenvalue weighted by molar-refractivity contribution is 0.920. The second-order valence-electron chi connectivity index (χ2n) is 2.20. The van der Waals surface area contributed by atoms with E-state index in [9.17, 15) is 0 Å².